The largest absolute Gasteiger partial charge is 0.497 e. The summed E-state index contributed by atoms with van der Waals surface area (Å²) >= 11 is 13.0. The molecule has 14 nitrogen and oxygen atoms in total. The Balaban J connectivity index is 1.47. The summed E-state index contributed by atoms with van der Waals surface area (Å²) in [7, 11) is 5.86. The van der Waals surface area contributed by atoms with Gasteiger partial charge >= 0.3 is 0 Å². The van der Waals surface area contributed by atoms with E-state index in [0.29, 0.717) is 45.5 Å². The monoisotopic (exact) mass is 748 g/mol. The molecule has 0 radical (unpaired) electrons. The first-order valence-corrected chi connectivity index (χ1v) is 16.1. The fraction of sp³-hybridized carbons (Fsp3) is 0.222. The molecule has 2 unspecified atom stereocenters. The minimum absolute atomic E-state index is 0.185. The molecule has 0 aliphatic rings. The number of benzene rings is 4. The topological polar surface area (TPSA) is 179 Å². The molecule has 4 rings (SSSR count). The first-order valence-electron chi connectivity index (χ1n) is 15.4. The van der Waals surface area contributed by atoms with E-state index in [1.165, 1.54) is 42.3 Å². The maximum atomic E-state index is 13.0. The van der Waals surface area contributed by atoms with Crippen molar-refractivity contribution < 1.29 is 38.1 Å². The molecule has 16 heteroatoms. The number of nitrogens with zero attached hydrogens (tertiary/aromatic N) is 4. The second kappa shape index (κ2) is 17.9. The van der Waals surface area contributed by atoms with Gasteiger partial charge in [0.25, 0.3) is 11.8 Å². The molecule has 2 N–H and O–H groups in total. The third kappa shape index (κ3) is 9.68. The number of hydrogen-bond acceptors (Lipinski definition) is 12. The van der Waals surface area contributed by atoms with E-state index in [2.05, 4.69) is 31.1 Å². The number of hydrogen-bond donors (Lipinski definition) is 2. The predicted molar refractivity (Wildman–Crippen MR) is 196 cm³/mol. The van der Waals surface area contributed by atoms with Crippen molar-refractivity contribution >= 4 is 69.3 Å². The second-order valence-electron chi connectivity index (χ2n) is 10.9. The average Bonchev–Trinajstić information content (AvgIpc) is 3.12. The van der Waals surface area contributed by atoms with E-state index in [1.807, 2.05) is 0 Å². The normalized spacial score (nSPS) is 12.2. The zero-order valence-electron chi connectivity index (χ0n) is 28.9. The van der Waals surface area contributed by atoms with Crippen LogP contribution in [0.3, 0.4) is 0 Å². The van der Waals surface area contributed by atoms with Gasteiger partial charge in [0.15, 0.2) is 11.6 Å². The number of Topliss-reactive ketones (excluding diaryl/α,β-unsaturated/α-hetero) is 2. The van der Waals surface area contributed by atoms with E-state index in [0.717, 1.165) is 0 Å². The number of carbonyl (C=O) groups is 4. The third-order valence-electron chi connectivity index (χ3n) is 7.39. The summed E-state index contributed by atoms with van der Waals surface area (Å²) in [6.45, 7) is 2.45. The number of ketones is 2. The number of amides is 2. The number of nitrogens with one attached hydrogen (secondary N) is 2. The van der Waals surface area contributed by atoms with E-state index in [9.17, 15) is 19.2 Å². The lowest BCUT2D eigenvalue weighted by molar-refractivity contribution is -0.127. The summed E-state index contributed by atoms with van der Waals surface area (Å²) in [4.78, 5) is 50.6. The molecule has 270 valence electrons. The highest BCUT2D eigenvalue weighted by atomic mass is 35.5. The molecule has 2 atom stereocenters. The van der Waals surface area contributed by atoms with Crippen LogP contribution in [0.2, 0.25) is 10.0 Å². The standard InChI is InChI=1S/C36H34Cl2N6O8/c1-19(45)33(35(47)39-29-13-9-23(49-3)17-31(29)51-5)43-41-27-11-7-21(15-25(27)37)22-8-12-28(26(38)16-22)42-44-34(20(2)46)36(48)40-30-14-10-24(50-4)18-32(30)52-6/h7-18,33-34H,1-6H3,(H,39,47)(H,40,48). The Morgan fingerprint density at radius 2 is 0.942 bits per heavy atom. The summed E-state index contributed by atoms with van der Waals surface area (Å²) in [5.74, 6) is -0.811. The first kappa shape index (κ1) is 38.9. The summed E-state index contributed by atoms with van der Waals surface area (Å²) in [6.07, 6.45) is 0. The number of halogens is 2. The van der Waals surface area contributed by atoms with Gasteiger partial charge in [0.05, 0.1) is 49.9 Å². The lowest BCUT2D eigenvalue weighted by atomic mass is 10.0. The molecular formula is C36H34Cl2N6O8. The predicted octanol–water partition coefficient (Wildman–Crippen LogP) is 8.05. The van der Waals surface area contributed by atoms with Crippen molar-refractivity contribution in [1.82, 2.24) is 0 Å². The molecule has 0 fully saturated rings. The van der Waals surface area contributed by atoms with Crippen LogP contribution >= 0.6 is 23.2 Å². The molecule has 0 spiro atoms. The van der Waals surface area contributed by atoms with Gasteiger partial charge in [-0.2, -0.15) is 20.5 Å². The zero-order valence-corrected chi connectivity index (χ0v) is 30.4. The number of carbonyl (C=O) groups excluding carboxylic acids is 4. The van der Waals surface area contributed by atoms with Crippen molar-refractivity contribution in [2.45, 2.75) is 25.9 Å². The Labute approximate surface area is 309 Å². The molecule has 0 saturated heterocycles. The van der Waals surface area contributed by atoms with Crippen molar-refractivity contribution in [1.29, 1.82) is 0 Å². The quantitative estimate of drug-likeness (QED) is 0.0905. The lowest BCUT2D eigenvalue weighted by Crippen LogP contribution is -2.32. The molecule has 0 aliphatic carbocycles. The molecule has 0 aromatic heterocycles. The number of rotatable bonds is 15. The molecular weight excluding hydrogens is 715 g/mol. The van der Waals surface area contributed by atoms with Crippen molar-refractivity contribution in [3.63, 3.8) is 0 Å². The highest BCUT2D eigenvalue weighted by Crippen LogP contribution is 2.36. The Kier molecular flexibility index (Phi) is 13.4. The molecule has 4 aromatic rings. The summed E-state index contributed by atoms with van der Waals surface area (Å²) in [5, 5.41) is 21.7. The minimum Gasteiger partial charge on any atom is -0.497 e. The van der Waals surface area contributed by atoms with Gasteiger partial charge in [-0.3, -0.25) is 19.2 Å². The van der Waals surface area contributed by atoms with Crippen LogP contribution in [-0.2, 0) is 19.2 Å². The molecule has 52 heavy (non-hydrogen) atoms. The highest BCUT2D eigenvalue weighted by molar-refractivity contribution is 6.34. The molecule has 4 aromatic carbocycles. The third-order valence-corrected chi connectivity index (χ3v) is 8.00. The highest BCUT2D eigenvalue weighted by Gasteiger charge is 2.26. The number of methoxy groups -OCH3 is 4. The van der Waals surface area contributed by atoms with E-state index < -0.39 is 35.5 Å². The fourth-order valence-electron chi connectivity index (χ4n) is 4.62. The minimum atomic E-state index is -1.46. The van der Waals surface area contributed by atoms with Gasteiger partial charge in [0, 0.05) is 12.1 Å². The maximum absolute atomic E-state index is 13.0. The molecule has 0 saturated carbocycles. The van der Waals surface area contributed by atoms with Crippen molar-refractivity contribution in [3.05, 3.63) is 82.8 Å². The fourth-order valence-corrected chi connectivity index (χ4v) is 5.05. The van der Waals surface area contributed by atoms with Gasteiger partial charge in [-0.15, -0.1) is 0 Å². The van der Waals surface area contributed by atoms with Crippen LogP contribution in [0.5, 0.6) is 23.0 Å². The van der Waals surface area contributed by atoms with Gasteiger partial charge in [-0.25, -0.2) is 0 Å². The van der Waals surface area contributed by atoms with Gasteiger partial charge in [-0.1, -0.05) is 35.3 Å². The Bertz CT molecular complexity index is 1910. The summed E-state index contributed by atoms with van der Waals surface area (Å²) < 4.78 is 20.9. The van der Waals surface area contributed by atoms with Crippen molar-refractivity contribution in [2.75, 3.05) is 39.1 Å². The first-order chi connectivity index (χ1) is 24.9. The van der Waals surface area contributed by atoms with Crippen LogP contribution < -0.4 is 29.6 Å². The van der Waals surface area contributed by atoms with Gasteiger partial charge < -0.3 is 29.6 Å². The van der Waals surface area contributed by atoms with Crippen molar-refractivity contribution in [3.8, 4) is 34.1 Å². The van der Waals surface area contributed by atoms with E-state index in [4.69, 9.17) is 42.1 Å². The molecule has 0 heterocycles. The smallest absolute Gasteiger partial charge is 0.258 e. The zero-order chi connectivity index (χ0) is 37.9. The lowest BCUT2D eigenvalue weighted by Gasteiger charge is -2.13. The Morgan fingerprint density at radius 1 is 0.558 bits per heavy atom. The van der Waals surface area contributed by atoms with Crippen LogP contribution in [0.4, 0.5) is 22.7 Å². The van der Waals surface area contributed by atoms with Gasteiger partial charge in [-0.05, 0) is 73.5 Å². The Morgan fingerprint density at radius 3 is 1.25 bits per heavy atom. The van der Waals surface area contributed by atoms with Gasteiger partial charge in [0.2, 0.25) is 12.1 Å². The van der Waals surface area contributed by atoms with Crippen LogP contribution in [0.25, 0.3) is 11.1 Å². The van der Waals surface area contributed by atoms with Crippen LogP contribution in [0.1, 0.15) is 13.8 Å². The van der Waals surface area contributed by atoms with E-state index in [1.54, 1.807) is 72.8 Å². The maximum Gasteiger partial charge on any atom is 0.258 e. The second-order valence-corrected chi connectivity index (χ2v) is 11.7. The number of ether oxygens (including phenoxy) is 4. The number of anilines is 2. The van der Waals surface area contributed by atoms with Crippen LogP contribution in [0, 0.1) is 0 Å². The Hall–Kier alpha value is -5.86. The SMILES string of the molecule is COc1ccc(NC(=O)C(N=Nc2ccc(-c3ccc(N=NC(C(C)=O)C(=O)Nc4ccc(OC)cc4OC)c(Cl)c3)cc2Cl)C(C)=O)c(OC)c1. The summed E-state index contributed by atoms with van der Waals surface area (Å²) in [5.41, 5.74) is 2.36. The average molecular weight is 750 g/mol. The summed E-state index contributed by atoms with van der Waals surface area (Å²) in [6, 6.07) is 16.4. The molecule has 2 amide bonds. The van der Waals surface area contributed by atoms with Crippen LogP contribution in [0.15, 0.2) is 93.3 Å². The van der Waals surface area contributed by atoms with Crippen LogP contribution in [-0.4, -0.2) is 63.9 Å². The number of azo groups is 2. The molecule has 0 aliphatic heterocycles. The van der Waals surface area contributed by atoms with E-state index in [-0.39, 0.29) is 21.4 Å². The van der Waals surface area contributed by atoms with E-state index >= 15 is 0 Å². The molecule has 0 bridgehead atoms. The van der Waals surface area contributed by atoms with Gasteiger partial charge in [0.1, 0.15) is 34.4 Å². The van der Waals surface area contributed by atoms with Crippen molar-refractivity contribution in [2.24, 2.45) is 20.5 Å².